The second kappa shape index (κ2) is 7.81. The van der Waals surface area contributed by atoms with Gasteiger partial charge in [-0.15, -0.1) is 0 Å². The molecule has 0 fully saturated rings. The number of hydrogen-bond acceptors (Lipinski definition) is 5. The van der Waals surface area contributed by atoms with Crippen molar-refractivity contribution in [1.29, 1.82) is 0 Å². The van der Waals surface area contributed by atoms with E-state index in [9.17, 15) is 0 Å². The third kappa shape index (κ3) is 5.42. The van der Waals surface area contributed by atoms with E-state index in [-0.39, 0.29) is 5.17 Å². The van der Waals surface area contributed by atoms with E-state index in [4.69, 9.17) is 37.8 Å². The van der Waals surface area contributed by atoms with Crippen LogP contribution in [0.15, 0.2) is 30.3 Å². The molecule has 1 N–H and O–H groups in total. The molecule has 1 rings (SSSR count). The summed E-state index contributed by atoms with van der Waals surface area (Å²) < 4.78 is 16.2. The zero-order chi connectivity index (χ0) is 13.4. The fourth-order valence-corrected chi connectivity index (χ4v) is 3.84. The summed E-state index contributed by atoms with van der Waals surface area (Å²) in [6, 6.07) is 9.23. The highest BCUT2D eigenvalue weighted by Crippen LogP contribution is 2.43. The van der Waals surface area contributed by atoms with Crippen LogP contribution in [0.25, 0.3) is 0 Å². The average Bonchev–Trinajstić information content (AvgIpc) is 2.30. The molecule has 0 heterocycles. The number of ether oxygens (including phenoxy) is 1. The number of benzene rings is 1. The van der Waals surface area contributed by atoms with Gasteiger partial charge in [0.2, 0.25) is 0 Å². The van der Waals surface area contributed by atoms with Crippen LogP contribution in [0.4, 0.5) is 0 Å². The van der Waals surface area contributed by atoms with E-state index in [0.717, 1.165) is 0 Å². The summed E-state index contributed by atoms with van der Waals surface area (Å²) in [6.45, 7) is 2.02. The molecule has 7 heteroatoms. The fourth-order valence-electron chi connectivity index (χ4n) is 1.17. The topological polar surface area (TPSA) is 39.7 Å². The molecular weight excluding hydrogens is 289 g/mol. The highest BCUT2D eigenvalue weighted by Gasteiger charge is 2.20. The predicted molar refractivity (Wildman–Crippen MR) is 80.3 cm³/mol. The molecule has 0 atom stereocenters. The van der Waals surface area contributed by atoms with Crippen molar-refractivity contribution in [3.8, 4) is 5.75 Å². The van der Waals surface area contributed by atoms with Gasteiger partial charge < -0.3 is 13.8 Å². The Morgan fingerprint density at radius 2 is 1.72 bits per heavy atom. The summed E-state index contributed by atoms with van der Waals surface area (Å²) in [7, 11) is 0. The van der Waals surface area contributed by atoms with Crippen LogP contribution in [0.1, 0.15) is 13.8 Å². The number of para-hydroxylation sites is 1. The average molecular weight is 305 g/mol. The molecule has 0 aliphatic rings. The van der Waals surface area contributed by atoms with Gasteiger partial charge in [0, 0.05) is 0 Å². The molecule has 0 amide bonds. The van der Waals surface area contributed by atoms with Gasteiger partial charge in [0.25, 0.3) is 11.8 Å². The van der Waals surface area contributed by atoms with Gasteiger partial charge in [0.15, 0.2) is 0 Å². The van der Waals surface area contributed by atoms with E-state index in [2.05, 4.69) is 5.09 Å². The maximum atomic E-state index is 5.42. The molecule has 1 aromatic carbocycles. The summed E-state index contributed by atoms with van der Waals surface area (Å²) in [5, 5.41) is 2.99. The van der Waals surface area contributed by atoms with E-state index in [0.29, 0.717) is 19.0 Å². The van der Waals surface area contributed by atoms with Gasteiger partial charge >= 0.3 is 0 Å². The van der Waals surface area contributed by atoms with Crippen LogP contribution in [0.2, 0.25) is 0 Å². The van der Waals surface area contributed by atoms with Crippen LogP contribution in [0.3, 0.4) is 0 Å². The van der Waals surface area contributed by atoms with E-state index in [1.807, 2.05) is 32.0 Å². The monoisotopic (exact) mass is 305 g/mol. The number of nitrogens with one attached hydrogen (secondary N) is 1. The summed E-state index contributed by atoms with van der Waals surface area (Å²) in [5.41, 5.74) is 0. The fraction of sp³-hybridized carbons (Fsp3) is 0.364. The Kier molecular flexibility index (Phi) is 6.75. The van der Waals surface area contributed by atoms with Gasteiger partial charge in [-0.25, -0.2) is 0 Å². The lowest BCUT2D eigenvalue weighted by Gasteiger charge is -2.22. The number of thiocarbonyl (C=S) groups is 1. The van der Waals surface area contributed by atoms with Crippen molar-refractivity contribution in [2.45, 2.75) is 13.8 Å². The Morgan fingerprint density at radius 3 is 2.22 bits per heavy atom. The van der Waals surface area contributed by atoms with Gasteiger partial charge in [-0.1, -0.05) is 18.2 Å². The third-order valence-electron chi connectivity index (χ3n) is 1.78. The quantitative estimate of drug-likeness (QED) is 0.642. The number of hydrogen-bond donors (Lipinski definition) is 1. The molecule has 0 bridgehead atoms. The largest absolute Gasteiger partial charge is 0.432 e. The van der Waals surface area contributed by atoms with Crippen molar-refractivity contribution in [2.75, 3.05) is 13.2 Å². The van der Waals surface area contributed by atoms with Gasteiger partial charge in [-0.05, 0) is 50.0 Å². The lowest BCUT2D eigenvalue weighted by atomic mass is 10.3. The van der Waals surface area contributed by atoms with Gasteiger partial charge in [0.05, 0.1) is 13.2 Å². The van der Waals surface area contributed by atoms with Crippen molar-refractivity contribution in [3.63, 3.8) is 0 Å². The highest BCUT2D eigenvalue weighted by atomic mass is 32.5. The summed E-state index contributed by atoms with van der Waals surface area (Å²) >= 11 is 10.4. The minimum absolute atomic E-state index is 0.159. The summed E-state index contributed by atoms with van der Waals surface area (Å²) in [5.74, 6) is 0.643. The van der Waals surface area contributed by atoms with Crippen LogP contribution in [0.5, 0.6) is 5.75 Å². The van der Waals surface area contributed by atoms with Crippen LogP contribution < -0.4 is 9.82 Å². The minimum atomic E-state index is -2.60. The molecule has 0 aliphatic heterocycles. The molecule has 0 aromatic heterocycles. The molecule has 0 aliphatic carbocycles. The van der Waals surface area contributed by atoms with Crippen LogP contribution >= 0.6 is 18.9 Å². The minimum Gasteiger partial charge on any atom is -0.432 e. The van der Waals surface area contributed by atoms with Crippen LogP contribution in [-0.4, -0.2) is 18.4 Å². The predicted octanol–water partition coefficient (Wildman–Crippen LogP) is 3.24. The highest BCUT2D eigenvalue weighted by molar-refractivity contribution is 8.09. The molecular formula is C11H16NO3PS2. The Bertz CT molecular complexity index is 418. The van der Waals surface area contributed by atoms with E-state index >= 15 is 0 Å². The first kappa shape index (κ1) is 15.5. The molecule has 18 heavy (non-hydrogen) atoms. The first-order valence-electron chi connectivity index (χ1n) is 5.54. The maximum Gasteiger partial charge on any atom is 0.290 e. The zero-order valence-corrected chi connectivity index (χ0v) is 12.8. The van der Waals surface area contributed by atoms with Gasteiger partial charge in [-0.3, -0.25) is 5.09 Å². The van der Waals surface area contributed by atoms with Crippen molar-refractivity contribution in [3.05, 3.63) is 30.3 Å². The van der Waals surface area contributed by atoms with Crippen molar-refractivity contribution < 1.29 is 13.8 Å². The van der Waals surface area contributed by atoms with Gasteiger partial charge in [-0.2, -0.15) is 0 Å². The van der Waals surface area contributed by atoms with E-state index in [1.165, 1.54) is 0 Å². The first-order chi connectivity index (χ1) is 8.59. The Morgan fingerprint density at radius 1 is 1.17 bits per heavy atom. The smallest absolute Gasteiger partial charge is 0.290 e. The van der Waals surface area contributed by atoms with Crippen molar-refractivity contribution in [2.24, 2.45) is 0 Å². The van der Waals surface area contributed by atoms with Crippen LogP contribution in [-0.2, 0) is 20.9 Å². The normalized spacial score (nSPS) is 11.0. The molecule has 0 radical (unpaired) electrons. The van der Waals surface area contributed by atoms with E-state index < -0.39 is 6.64 Å². The van der Waals surface area contributed by atoms with Crippen molar-refractivity contribution >= 4 is 35.8 Å². The molecule has 0 spiro atoms. The molecule has 4 nitrogen and oxygen atoms in total. The Labute approximate surface area is 118 Å². The van der Waals surface area contributed by atoms with Gasteiger partial charge in [0.1, 0.15) is 5.75 Å². The summed E-state index contributed by atoms with van der Waals surface area (Å²) in [6.07, 6.45) is 0. The number of rotatable bonds is 6. The lowest BCUT2D eigenvalue weighted by molar-refractivity contribution is 0.262. The Balaban J connectivity index is 2.59. The van der Waals surface area contributed by atoms with E-state index in [1.54, 1.807) is 12.1 Å². The second-order valence-electron chi connectivity index (χ2n) is 3.15. The zero-order valence-electron chi connectivity index (χ0n) is 10.3. The molecule has 0 saturated carbocycles. The van der Waals surface area contributed by atoms with Crippen LogP contribution in [0, 0.1) is 0 Å². The third-order valence-corrected chi connectivity index (χ3v) is 4.70. The summed E-state index contributed by atoms with van der Waals surface area (Å²) in [4.78, 5) is 0. The first-order valence-corrected chi connectivity index (χ1v) is 8.58. The SMILES string of the molecule is CCOP(=S)(NC(=S)Oc1ccccc1)OCC. The second-order valence-corrected chi connectivity index (χ2v) is 6.70. The maximum absolute atomic E-state index is 5.42. The molecule has 1 aromatic rings. The Hall–Kier alpha value is -0.520. The molecule has 0 saturated heterocycles. The lowest BCUT2D eigenvalue weighted by Crippen LogP contribution is -2.25. The molecule has 0 unspecified atom stereocenters. The van der Waals surface area contributed by atoms with Crippen molar-refractivity contribution in [1.82, 2.24) is 5.09 Å². The molecule has 100 valence electrons. The standard InChI is InChI=1S/C11H16NO3PS2/c1-3-13-16(18,14-4-2)12-11(17)15-10-8-6-5-7-9-10/h5-9H,3-4H2,1-2H3,(H,12,17,18).